The summed E-state index contributed by atoms with van der Waals surface area (Å²) >= 11 is 0. The highest BCUT2D eigenvalue weighted by Crippen LogP contribution is 2.27. The molecule has 2 aromatic carbocycles. The van der Waals surface area contributed by atoms with E-state index in [1.165, 1.54) is 16.7 Å². The second-order valence-electron chi connectivity index (χ2n) is 7.30. The van der Waals surface area contributed by atoms with Crippen molar-refractivity contribution in [2.75, 3.05) is 7.11 Å². The largest absolute Gasteiger partial charge is 0.497 e. The van der Waals surface area contributed by atoms with E-state index in [-0.39, 0.29) is 6.10 Å². The minimum Gasteiger partial charge on any atom is -0.497 e. The van der Waals surface area contributed by atoms with Crippen LogP contribution in [0.5, 0.6) is 5.75 Å². The van der Waals surface area contributed by atoms with Crippen LogP contribution in [-0.2, 0) is 0 Å². The molecule has 0 saturated heterocycles. The van der Waals surface area contributed by atoms with Crippen LogP contribution >= 0.6 is 0 Å². The molecule has 136 valence electrons. The van der Waals surface area contributed by atoms with E-state index in [0.29, 0.717) is 11.8 Å². The monoisotopic (exact) mass is 340 g/mol. The van der Waals surface area contributed by atoms with Crippen molar-refractivity contribution in [3.63, 3.8) is 0 Å². The SMILES string of the molecule is COc1cccc([C@H](C)CCC(O)CC[C@@H](C)c2cccc(C)c2)c1. The number of aliphatic hydroxyl groups excluding tert-OH is 1. The van der Waals surface area contributed by atoms with Gasteiger partial charge in [0.05, 0.1) is 13.2 Å². The Morgan fingerprint density at radius 3 is 1.96 bits per heavy atom. The molecule has 0 saturated carbocycles. The fraction of sp³-hybridized carbons (Fsp3) is 0.478. The van der Waals surface area contributed by atoms with Gasteiger partial charge in [0.1, 0.15) is 5.75 Å². The minimum atomic E-state index is -0.222. The Labute approximate surface area is 152 Å². The van der Waals surface area contributed by atoms with Gasteiger partial charge in [0.15, 0.2) is 0 Å². The van der Waals surface area contributed by atoms with Crippen molar-refractivity contribution in [3.05, 3.63) is 65.2 Å². The topological polar surface area (TPSA) is 29.5 Å². The summed E-state index contributed by atoms with van der Waals surface area (Å²) in [5.41, 5.74) is 3.95. The van der Waals surface area contributed by atoms with E-state index in [2.05, 4.69) is 57.2 Å². The number of aryl methyl sites for hydroxylation is 1. The Morgan fingerprint density at radius 1 is 0.840 bits per heavy atom. The molecule has 1 unspecified atom stereocenters. The first-order valence-electron chi connectivity index (χ1n) is 9.38. The van der Waals surface area contributed by atoms with Gasteiger partial charge in [0, 0.05) is 0 Å². The average Bonchev–Trinajstić information content (AvgIpc) is 2.64. The molecule has 0 aliphatic heterocycles. The molecule has 1 N–H and O–H groups in total. The predicted molar refractivity (Wildman–Crippen MR) is 105 cm³/mol. The molecule has 0 spiro atoms. The summed E-state index contributed by atoms with van der Waals surface area (Å²) in [6.45, 7) is 6.60. The van der Waals surface area contributed by atoms with Crippen LogP contribution in [0.4, 0.5) is 0 Å². The molecule has 25 heavy (non-hydrogen) atoms. The van der Waals surface area contributed by atoms with Gasteiger partial charge in [-0.2, -0.15) is 0 Å². The Kier molecular flexibility index (Phi) is 7.52. The lowest BCUT2D eigenvalue weighted by Gasteiger charge is -2.18. The second-order valence-corrected chi connectivity index (χ2v) is 7.30. The Morgan fingerprint density at radius 2 is 1.40 bits per heavy atom. The van der Waals surface area contributed by atoms with E-state index in [9.17, 15) is 5.11 Å². The Bertz CT molecular complexity index is 650. The number of hydrogen-bond donors (Lipinski definition) is 1. The summed E-state index contributed by atoms with van der Waals surface area (Å²) in [5, 5.41) is 10.4. The smallest absolute Gasteiger partial charge is 0.119 e. The maximum Gasteiger partial charge on any atom is 0.119 e. The zero-order valence-electron chi connectivity index (χ0n) is 16.0. The molecule has 0 amide bonds. The van der Waals surface area contributed by atoms with Gasteiger partial charge < -0.3 is 9.84 Å². The fourth-order valence-electron chi connectivity index (χ4n) is 3.29. The standard InChI is InChI=1S/C23H32O2/c1-17-7-5-8-20(15-17)18(2)11-13-22(24)14-12-19(3)21-9-6-10-23(16-21)25-4/h5-10,15-16,18-19,22,24H,11-14H2,1-4H3/t18-,19-,22?/m1/s1. The number of ether oxygens (including phenoxy) is 1. The molecule has 0 radical (unpaired) electrons. The first kappa shape index (κ1) is 19.5. The van der Waals surface area contributed by atoms with Gasteiger partial charge in [-0.05, 0) is 67.7 Å². The van der Waals surface area contributed by atoms with Crippen molar-refractivity contribution < 1.29 is 9.84 Å². The highest BCUT2D eigenvalue weighted by molar-refractivity contribution is 5.30. The molecule has 0 aliphatic carbocycles. The van der Waals surface area contributed by atoms with Crippen molar-refractivity contribution in [1.82, 2.24) is 0 Å². The molecule has 0 aliphatic rings. The summed E-state index contributed by atoms with van der Waals surface area (Å²) in [6.07, 6.45) is 3.50. The lowest BCUT2D eigenvalue weighted by molar-refractivity contribution is 0.145. The van der Waals surface area contributed by atoms with Crippen LogP contribution in [0.2, 0.25) is 0 Å². The average molecular weight is 341 g/mol. The van der Waals surface area contributed by atoms with Gasteiger partial charge in [0.2, 0.25) is 0 Å². The number of rotatable bonds is 9. The zero-order valence-corrected chi connectivity index (χ0v) is 16.0. The van der Waals surface area contributed by atoms with E-state index < -0.39 is 0 Å². The summed E-state index contributed by atoms with van der Waals surface area (Å²) in [6, 6.07) is 16.9. The van der Waals surface area contributed by atoms with Crippen LogP contribution in [0.3, 0.4) is 0 Å². The molecule has 0 bridgehead atoms. The van der Waals surface area contributed by atoms with Crippen molar-refractivity contribution in [2.45, 2.75) is 64.4 Å². The normalized spacial score (nSPS) is 14.8. The van der Waals surface area contributed by atoms with Crippen LogP contribution in [-0.4, -0.2) is 18.3 Å². The van der Waals surface area contributed by atoms with Crippen molar-refractivity contribution >= 4 is 0 Å². The summed E-state index contributed by atoms with van der Waals surface area (Å²) < 4.78 is 5.30. The maximum absolute atomic E-state index is 10.4. The molecule has 0 fully saturated rings. The van der Waals surface area contributed by atoms with Gasteiger partial charge in [-0.1, -0.05) is 55.8 Å². The zero-order chi connectivity index (χ0) is 18.2. The van der Waals surface area contributed by atoms with E-state index in [4.69, 9.17) is 4.74 Å². The summed E-state index contributed by atoms with van der Waals surface area (Å²) in [7, 11) is 1.70. The van der Waals surface area contributed by atoms with E-state index in [0.717, 1.165) is 31.4 Å². The van der Waals surface area contributed by atoms with Crippen LogP contribution in [0.15, 0.2) is 48.5 Å². The van der Waals surface area contributed by atoms with E-state index in [1.54, 1.807) is 7.11 Å². The van der Waals surface area contributed by atoms with Crippen molar-refractivity contribution in [3.8, 4) is 5.75 Å². The molecule has 0 aromatic heterocycles. The summed E-state index contributed by atoms with van der Waals surface area (Å²) in [4.78, 5) is 0. The molecule has 0 heterocycles. The number of aliphatic hydroxyl groups is 1. The molecule has 2 heteroatoms. The second kappa shape index (κ2) is 9.62. The van der Waals surface area contributed by atoms with Crippen molar-refractivity contribution in [2.24, 2.45) is 0 Å². The van der Waals surface area contributed by atoms with Crippen molar-refractivity contribution in [1.29, 1.82) is 0 Å². The Hall–Kier alpha value is -1.80. The van der Waals surface area contributed by atoms with Gasteiger partial charge in [-0.15, -0.1) is 0 Å². The van der Waals surface area contributed by atoms with Crippen LogP contribution < -0.4 is 4.74 Å². The molecular weight excluding hydrogens is 308 g/mol. The molecular formula is C23H32O2. The predicted octanol–water partition coefficient (Wildman–Crippen LogP) is 5.83. The van der Waals surface area contributed by atoms with Gasteiger partial charge in [0.25, 0.3) is 0 Å². The lowest BCUT2D eigenvalue weighted by atomic mass is 9.90. The van der Waals surface area contributed by atoms with Crippen LogP contribution in [0.25, 0.3) is 0 Å². The van der Waals surface area contributed by atoms with Crippen LogP contribution in [0, 0.1) is 6.92 Å². The van der Waals surface area contributed by atoms with Crippen LogP contribution in [0.1, 0.15) is 68.1 Å². The van der Waals surface area contributed by atoms with E-state index in [1.807, 2.05) is 12.1 Å². The molecule has 3 atom stereocenters. The van der Waals surface area contributed by atoms with Gasteiger partial charge in [-0.25, -0.2) is 0 Å². The van der Waals surface area contributed by atoms with E-state index >= 15 is 0 Å². The summed E-state index contributed by atoms with van der Waals surface area (Å²) in [5.74, 6) is 1.82. The minimum absolute atomic E-state index is 0.222. The third kappa shape index (κ3) is 6.21. The Balaban J connectivity index is 1.77. The number of hydrogen-bond acceptors (Lipinski definition) is 2. The first-order chi connectivity index (χ1) is 12.0. The molecule has 2 aromatic rings. The molecule has 2 nitrogen and oxygen atoms in total. The highest BCUT2D eigenvalue weighted by atomic mass is 16.5. The quantitative estimate of drug-likeness (QED) is 0.622. The lowest BCUT2D eigenvalue weighted by Crippen LogP contribution is -2.10. The maximum atomic E-state index is 10.4. The number of methoxy groups -OCH3 is 1. The fourth-order valence-corrected chi connectivity index (χ4v) is 3.29. The first-order valence-corrected chi connectivity index (χ1v) is 9.38. The van der Waals surface area contributed by atoms with Gasteiger partial charge >= 0.3 is 0 Å². The third-order valence-corrected chi connectivity index (χ3v) is 5.14. The number of benzene rings is 2. The van der Waals surface area contributed by atoms with Gasteiger partial charge in [-0.3, -0.25) is 0 Å². The third-order valence-electron chi connectivity index (χ3n) is 5.14. The highest BCUT2D eigenvalue weighted by Gasteiger charge is 2.13. The molecule has 2 rings (SSSR count).